The summed E-state index contributed by atoms with van der Waals surface area (Å²) in [5, 5.41) is 3.16. The van der Waals surface area contributed by atoms with Crippen LogP contribution >= 0.6 is 0 Å². The number of aryl methyl sites for hydroxylation is 1. The van der Waals surface area contributed by atoms with Gasteiger partial charge in [-0.2, -0.15) is 0 Å². The largest absolute Gasteiger partial charge is 0.354 e. The molecule has 3 N–H and O–H groups in total. The number of hydrogen-bond acceptors (Lipinski definition) is 4. The molecule has 1 atom stereocenters. The van der Waals surface area contributed by atoms with Gasteiger partial charge in [0.05, 0.1) is 0 Å². The Morgan fingerprint density at radius 2 is 1.74 bits per heavy atom. The Labute approximate surface area is 114 Å². The van der Waals surface area contributed by atoms with Gasteiger partial charge in [0, 0.05) is 30.5 Å². The van der Waals surface area contributed by atoms with E-state index in [9.17, 15) is 0 Å². The third kappa shape index (κ3) is 4.03. The van der Waals surface area contributed by atoms with E-state index in [2.05, 4.69) is 46.5 Å². The van der Waals surface area contributed by atoms with Crippen LogP contribution in [0.2, 0.25) is 0 Å². The van der Waals surface area contributed by atoms with Crippen LogP contribution in [0.25, 0.3) is 11.1 Å². The standard InChI is InChI=1S/C15H20N4/c1-11-3-5-13(6-4-11)14-9-18-15(19-10-14)17-8-7-12(2)16/h3-6,9-10,12H,7-8,16H2,1-2H3,(H,17,18,19). The molecule has 0 aliphatic carbocycles. The van der Waals surface area contributed by atoms with E-state index in [0.717, 1.165) is 24.1 Å². The maximum atomic E-state index is 5.69. The maximum Gasteiger partial charge on any atom is 0.222 e. The highest BCUT2D eigenvalue weighted by Crippen LogP contribution is 2.18. The highest BCUT2D eigenvalue weighted by Gasteiger charge is 2.00. The zero-order valence-electron chi connectivity index (χ0n) is 11.4. The van der Waals surface area contributed by atoms with E-state index >= 15 is 0 Å². The van der Waals surface area contributed by atoms with Crippen molar-refractivity contribution in [3.8, 4) is 11.1 Å². The third-order valence-electron chi connectivity index (χ3n) is 2.92. The average Bonchev–Trinajstić information content (AvgIpc) is 2.40. The average molecular weight is 256 g/mol. The molecule has 2 aromatic rings. The number of anilines is 1. The number of rotatable bonds is 5. The van der Waals surface area contributed by atoms with Crippen molar-refractivity contribution in [2.45, 2.75) is 26.3 Å². The van der Waals surface area contributed by atoms with E-state index in [0.29, 0.717) is 5.95 Å². The Morgan fingerprint density at radius 3 is 2.32 bits per heavy atom. The Kier molecular flexibility index (Phi) is 4.47. The molecule has 1 aromatic heterocycles. The van der Waals surface area contributed by atoms with E-state index in [4.69, 9.17) is 5.73 Å². The number of benzene rings is 1. The van der Waals surface area contributed by atoms with Crippen molar-refractivity contribution in [1.82, 2.24) is 9.97 Å². The van der Waals surface area contributed by atoms with Crippen molar-refractivity contribution in [1.29, 1.82) is 0 Å². The lowest BCUT2D eigenvalue weighted by Gasteiger charge is -2.07. The van der Waals surface area contributed by atoms with Crippen LogP contribution in [0.3, 0.4) is 0 Å². The molecule has 0 amide bonds. The zero-order valence-corrected chi connectivity index (χ0v) is 11.4. The van der Waals surface area contributed by atoms with E-state index in [1.807, 2.05) is 19.3 Å². The van der Waals surface area contributed by atoms with Gasteiger partial charge in [-0.25, -0.2) is 9.97 Å². The molecular formula is C15H20N4. The van der Waals surface area contributed by atoms with Crippen LogP contribution in [0.4, 0.5) is 5.95 Å². The summed E-state index contributed by atoms with van der Waals surface area (Å²) in [7, 11) is 0. The fourth-order valence-electron chi connectivity index (χ4n) is 1.73. The van der Waals surface area contributed by atoms with Crippen molar-refractivity contribution >= 4 is 5.95 Å². The van der Waals surface area contributed by atoms with Gasteiger partial charge in [0.25, 0.3) is 0 Å². The van der Waals surface area contributed by atoms with Gasteiger partial charge in [-0.1, -0.05) is 29.8 Å². The molecular weight excluding hydrogens is 236 g/mol. The summed E-state index contributed by atoms with van der Waals surface area (Å²) in [6, 6.07) is 8.53. The highest BCUT2D eigenvalue weighted by atomic mass is 15.1. The molecule has 4 heteroatoms. The van der Waals surface area contributed by atoms with Gasteiger partial charge in [0.15, 0.2) is 0 Å². The molecule has 0 saturated heterocycles. The molecule has 2 rings (SSSR count). The van der Waals surface area contributed by atoms with Gasteiger partial charge >= 0.3 is 0 Å². The van der Waals surface area contributed by atoms with Crippen molar-refractivity contribution in [3.63, 3.8) is 0 Å². The smallest absolute Gasteiger partial charge is 0.222 e. The molecule has 19 heavy (non-hydrogen) atoms. The summed E-state index contributed by atoms with van der Waals surface area (Å²) in [5.41, 5.74) is 9.09. The van der Waals surface area contributed by atoms with Crippen LogP contribution in [-0.4, -0.2) is 22.6 Å². The second-order valence-corrected chi connectivity index (χ2v) is 4.85. The first-order valence-corrected chi connectivity index (χ1v) is 6.53. The second-order valence-electron chi connectivity index (χ2n) is 4.85. The molecule has 1 aromatic carbocycles. The topological polar surface area (TPSA) is 63.8 Å². The molecule has 0 saturated carbocycles. The predicted molar refractivity (Wildman–Crippen MR) is 79.0 cm³/mol. The van der Waals surface area contributed by atoms with Gasteiger partial charge < -0.3 is 11.1 Å². The lowest BCUT2D eigenvalue weighted by atomic mass is 10.1. The number of aromatic nitrogens is 2. The minimum Gasteiger partial charge on any atom is -0.354 e. The molecule has 0 radical (unpaired) electrons. The lowest BCUT2D eigenvalue weighted by molar-refractivity contribution is 0.688. The Morgan fingerprint density at radius 1 is 1.11 bits per heavy atom. The van der Waals surface area contributed by atoms with Crippen molar-refractivity contribution in [2.24, 2.45) is 5.73 Å². The molecule has 0 bridgehead atoms. The summed E-state index contributed by atoms with van der Waals surface area (Å²) >= 11 is 0. The van der Waals surface area contributed by atoms with Gasteiger partial charge in [-0.05, 0) is 25.8 Å². The summed E-state index contributed by atoms with van der Waals surface area (Å²) < 4.78 is 0. The van der Waals surface area contributed by atoms with E-state index in [1.165, 1.54) is 5.56 Å². The first-order chi connectivity index (χ1) is 9.15. The Hall–Kier alpha value is -1.94. The fraction of sp³-hybridized carbons (Fsp3) is 0.333. The van der Waals surface area contributed by atoms with Gasteiger partial charge in [0.2, 0.25) is 5.95 Å². The van der Waals surface area contributed by atoms with Crippen molar-refractivity contribution < 1.29 is 0 Å². The van der Waals surface area contributed by atoms with Gasteiger partial charge in [-0.3, -0.25) is 0 Å². The summed E-state index contributed by atoms with van der Waals surface area (Å²) in [6.07, 6.45) is 4.58. The predicted octanol–water partition coefficient (Wildman–Crippen LogP) is 2.60. The molecule has 100 valence electrons. The first kappa shape index (κ1) is 13.5. The van der Waals surface area contributed by atoms with Crippen LogP contribution in [0.5, 0.6) is 0 Å². The first-order valence-electron chi connectivity index (χ1n) is 6.53. The monoisotopic (exact) mass is 256 g/mol. The van der Waals surface area contributed by atoms with E-state index in [-0.39, 0.29) is 6.04 Å². The number of nitrogens with one attached hydrogen (secondary N) is 1. The van der Waals surface area contributed by atoms with Crippen LogP contribution in [0, 0.1) is 6.92 Å². The summed E-state index contributed by atoms with van der Waals surface area (Å²) in [5.74, 6) is 0.650. The van der Waals surface area contributed by atoms with Crippen molar-refractivity contribution in [3.05, 3.63) is 42.2 Å². The van der Waals surface area contributed by atoms with Crippen molar-refractivity contribution in [2.75, 3.05) is 11.9 Å². The highest BCUT2D eigenvalue weighted by molar-refractivity contribution is 5.62. The van der Waals surface area contributed by atoms with Gasteiger partial charge in [-0.15, -0.1) is 0 Å². The maximum absolute atomic E-state index is 5.69. The Balaban J connectivity index is 2.00. The fourth-order valence-corrected chi connectivity index (χ4v) is 1.73. The van der Waals surface area contributed by atoms with Crippen LogP contribution in [-0.2, 0) is 0 Å². The third-order valence-corrected chi connectivity index (χ3v) is 2.92. The SMILES string of the molecule is Cc1ccc(-c2cnc(NCCC(C)N)nc2)cc1. The van der Waals surface area contributed by atoms with Crippen LogP contribution < -0.4 is 11.1 Å². The molecule has 0 aliphatic rings. The number of nitrogens with two attached hydrogens (primary N) is 1. The zero-order chi connectivity index (χ0) is 13.7. The molecule has 0 spiro atoms. The van der Waals surface area contributed by atoms with E-state index in [1.54, 1.807) is 0 Å². The molecule has 4 nitrogen and oxygen atoms in total. The van der Waals surface area contributed by atoms with Gasteiger partial charge in [0.1, 0.15) is 0 Å². The minimum atomic E-state index is 0.194. The number of hydrogen-bond donors (Lipinski definition) is 2. The molecule has 1 heterocycles. The van der Waals surface area contributed by atoms with Crippen LogP contribution in [0.15, 0.2) is 36.7 Å². The second kappa shape index (κ2) is 6.29. The van der Waals surface area contributed by atoms with Crippen LogP contribution in [0.1, 0.15) is 18.9 Å². The van der Waals surface area contributed by atoms with E-state index < -0.39 is 0 Å². The molecule has 1 unspecified atom stereocenters. The molecule has 0 aliphatic heterocycles. The summed E-state index contributed by atoms with van der Waals surface area (Å²) in [4.78, 5) is 8.62. The summed E-state index contributed by atoms with van der Waals surface area (Å²) in [6.45, 7) is 4.86. The number of nitrogens with zero attached hydrogens (tertiary/aromatic N) is 2. The Bertz CT molecular complexity index is 503. The lowest BCUT2D eigenvalue weighted by Crippen LogP contribution is -2.19. The normalized spacial score (nSPS) is 12.2. The molecule has 0 fully saturated rings. The quantitative estimate of drug-likeness (QED) is 0.863. The minimum absolute atomic E-state index is 0.194.